The number of amides is 2. The van der Waals surface area contributed by atoms with Crippen molar-refractivity contribution < 1.29 is 18.4 Å². The average molecular weight is 302 g/mol. The van der Waals surface area contributed by atoms with Crippen LogP contribution in [0.1, 0.15) is 23.9 Å². The molecule has 3 rings (SSSR count). The molecule has 22 heavy (non-hydrogen) atoms. The number of rotatable bonds is 3. The summed E-state index contributed by atoms with van der Waals surface area (Å²) in [5, 5.41) is 2.54. The van der Waals surface area contributed by atoms with Gasteiger partial charge in [0, 0.05) is 6.54 Å². The summed E-state index contributed by atoms with van der Waals surface area (Å²) in [7, 11) is 0. The lowest BCUT2D eigenvalue weighted by Crippen LogP contribution is -2.66. The molecule has 1 aromatic carbocycles. The fourth-order valence-corrected chi connectivity index (χ4v) is 2.47. The third kappa shape index (κ3) is 2.26. The van der Waals surface area contributed by atoms with Crippen LogP contribution in [0.25, 0.3) is 0 Å². The molecule has 1 aliphatic rings. The maximum Gasteiger partial charge on any atom is 0.290 e. The summed E-state index contributed by atoms with van der Waals surface area (Å²) in [6.07, 6.45) is 1.92. The largest absolute Gasteiger partial charge is 0.459 e. The Morgan fingerprint density at radius 3 is 2.64 bits per heavy atom. The van der Waals surface area contributed by atoms with Crippen molar-refractivity contribution in [1.82, 2.24) is 4.90 Å². The molecule has 2 amide bonds. The van der Waals surface area contributed by atoms with E-state index in [-0.39, 0.29) is 17.4 Å². The highest BCUT2D eigenvalue weighted by Crippen LogP contribution is 2.33. The van der Waals surface area contributed by atoms with E-state index in [9.17, 15) is 14.0 Å². The fourth-order valence-electron chi connectivity index (χ4n) is 2.47. The van der Waals surface area contributed by atoms with Gasteiger partial charge in [-0.25, -0.2) is 4.39 Å². The molecule has 0 aliphatic carbocycles. The first-order valence-corrected chi connectivity index (χ1v) is 6.94. The van der Waals surface area contributed by atoms with Gasteiger partial charge in [0.15, 0.2) is 5.76 Å². The average Bonchev–Trinajstić information content (AvgIpc) is 3.02. The van der Waals surface area contributed by atoms with E-state index in [4.69, 9.17) is 4.42 Å². The second-order valence-electron chi connectivity index (χ2n) is 5.39. The summed E-state index contributed by atoms with van der Waals surface area (Å²) in [4.78, 5) is 26.2. The van der Waals surface area contributed by atoms with Crippen molar-refractivity contribution in [3.63, 3.8) is 0 Å². The zero-order valence-corrected chi connectivity index (χ0v) is 12.0. The first-order valence-electron chi connectivity index (χ1n) is 6.94. The maximum absolute atomic E-state index is 13.6. The van der Waals surface area contributed by atoms with Crippen LogP contribution >= 0.6 is 0 Å². The third-order valence-corrected chi connectivity index (χ3v) is 4.01. The van der Waals surface area contributed by atoms with Gasteiger partial charge in [0.2, 0.25) is 5.91 Å². The van der Waals surface area contributed by atoms with Crippen LogP contribution in [0.5, 0.6) is 0 Å². The summed E-state index contributed by atoms with van der Waals surface area (Å²) in [5.74, 6) is -1.08. The van der Waals surface area contributed by atoms with Gasteiger partial charge in [-0.1, -0.05) is 12.1 Å². The molecule has 0 radical (unpaired) electrons. The van der Waals surface area contributed by atoms with Crippen molar-refractivity contribution in [2.45, 2.75) is 18.9 Å². The number of carbonyl (C=O) groups excluding carboxylic acids is 2. The molecule has 114 valence electrons. The van der Waals surface area contributed by atoms with Gasteiger partial charge in [-0.2, -0.15) is 0 Å². The molecule has 6 heteroatoms. The predicted molar refractivity (Wildman–Crippen MR) is 77.8 cm³/mol. The minimum atomic E-state index is -1.01. The second kappa shape index (κ2) is 5.29. The van der Waals surface area contributed by atoms with Gasteiger partial charge in [-0.3, -0.25) is 9.59 Å². The van der Waals surface area contributed by atoms with E-state index in [0.29, 0.717) is 13.0 Å². The van der Waals surface area contributed by atoms with Crippen molar-refractivity contribution in [2.75, 3.05) is 11.9 Å². The van der Waals surface area contributed by atoms with Crippen LogP contribution in [0.4, 0.5) is 10.1 Å². The van der Waals surface area contributed by atoms with E-state index in [1.165, 1.54) is 23.3 Å². The number of anilines is 1. The Morgan fingerprint density at radius 1 is 1.27 bits per heavy atom. The number of nitrogens with zero attached hydrogens (tertiary/aromatic N) is 1. The molecular weight excluding hydrogens is 287 g/mol. The molecule has 2 heterocycles. The molecule has 1 unspecified atom stereocenters. The summed E-state index contributed by atoms with van der Waals surface area (Å²) in [6, 6.07) is 9.09. The van der Waals surface area contributed by atoms with Gasteiger partial charge >= 0.3 is 0 Å². The monoisotopic (exact) mass is 302 g/mol. The first-order chi connectivity index (χ1) is 10.5. The van der Waals surface area contributed by atoms with Crippen LogP contribution in [0.3, 0.4) is 0 Å². The highest BCUT2D eigenvalue weighted by Gasteiger charge is 2.50. The lowest BCUT2D eigenvalue weighted by Gasteiger charge is -2.48. The van der Waals surface area contributed by atoms with Gasteiger partial charge in [0.25, 0.3) is 5.91 Å². The summed E-state index contributed by atoms with van der Waals surface area (Å²) < 4.78 is 18.7. The topological polar surface area (TPSA) is 62.6 Å². The fraction of sp³-hybridized carbons (Fsp3) is 0.250. The normalized spacial score (nSPS) is 20.4. The molecule has 1 atom stereocenters. The first kappa shape index (κ1) is 14.3. The highest BCUT2D eigenvalue weighted by molar-refractivity contribution is 6.04. The van der Waals surface area contributed by atoms with Gasteiger partial charge in [0.1, 0.15) is 11.4 Å². The maximum atomic E-state index is 13.6. The summed E-state index contributed by atoms with van der Waals surface area (Å²) in [6.45, 7) is 2.12. The molecule has 0 bridgehead atoms. The van der Waals surface area contributed by atoms with Gasteiger partial charge in [-0.15, -0.1) is 0 Å². The van der Waals surface area contributed by atoms with Crippen molar-refractivity contribution in [2.24, 2.45) is 0 Å². The van der Waals surface area contributed by atoms with E-state index < -0.39 is 17.3 Å². The van der Waals surface area contributed by atoms with E-state index in [0.717, 1.165) is 0 Å². The Morgan fingerprint density at radius 2 is 2.05 bits per heavy atom. The molecule has 1 saturated heterocycles. The van der Waals surface area contributed by atoms with Gasteiger partial charge < -0.3 is 14.6 Å². The van der Waals surface area contributed by atoms with Crippen LogP contribution in [0.2, 0.25) is 0 Å². The Balaban J connectivity index is 1.77. The number of carbonyl (C=O) groups is 2. The molecule has 2 aromatic rings. The number of hydrogen-bond donors (Lipinski definition) is 1. The smallest absolute Gasteiger partial charge is 0.290 e. The quantitative estimate of drug-likeness (QED) is 0.948. The number of hydrogen-bond acceptors (Lipinski definition) is 3. The van der Waals surface area contributed by atoms with Crippen molar-refractivity contribution in [1.29, 1.82) is 0 Å². The van der Waals surface area contributed by atoms with Crippen molar-refractivity contribution in [3.05, 3.63) is 54.2 Å². The second-order valence-corrected chi connectivity index (χ2v) is 5.39. The lowest BCUT2D eigenvalue weighted by atomic mass is 9.85. The number of nitrogens with one attached hydrogen (secondary N) is 1. The molecule has 1 aliphatic heterocycles. The van der Waals surface area contributed by atoms with E-state index in [1.807, 2.05) is 0 Å². The summed E-state index contributed by atoms with van der Waals surface area (Å²) in [5.41, 5.74) is -0.905. The number of furan rings is 1. The minimum absolute atomic E-state index is 0.103. The van der Waals surface area contributed by atoms with Crippen LogP contribution in [-0.2, 0) is 4.79 Å². The molecule has 1 N–H and O–H groups in total. The predicted octanol–water partition coefficient (Wildman–Crippen LogP) is 2.66. The molecule has 1 fully saturated rings. The van der Waals surface area contributed by atoms with Crippen molar-refractivity contribution in [3.8, 4) is 0 Å². The minimum Gasteiger partial charge on any atom is -0.459 e. The Kier molecular flexibility index (Phi) is 3.44. The van der Waals surface area contributed by atoms with Gasteiger partial charge in [0.05, 0.1) is 12.0 Å². The number of benzene rings is 1. The van der Waals surface area contributed by atoms with Gasteiger partial charge in [-0.05, 0) is 37.6 Å². The van der Waals surface area contributed by atoms with Crippen LogP contribution in [0, 0.1) is 5.82 Å². The number of likely N-dealkylation sites (tertiary alicyclic amines) is 1. The summed E-state index contributed by atoms with van der Waals surface area (Å²) >= 11 is 0. The standard InChI is InChI=1S/C16H15FN2O3/c1-16(15(21)18-12-6-3-2-5-11(12)17)8-9-19(16)14(20)13-7-4-10-22-13/h2-7,10H,8-9H2,1H3,(H,18,21). The Labute approximate surface area is 126 Å². The lowest BCUT2D eigenvalue weighted by molar-refractivity contribution is -0.132. The molecule has 0 spiro atoms. The van der Waals surface area contributed by atoms with Crippen molar-refractivity contribution >= 4 is 17.5 Å². The molecule has 5 nitrogen and oxygen atoms in total. The van der Waals surface area contributed by atoms with Crippen LogP contribution in [-0.4, -0.2) is 28.8 Å². The molecule has 0 saturated carbocycles. The SMILES string of the molecule is CC1(C(=O)Nc2ccccc2F)CCN1C(=O)c1ccco1. The number of para-hydroxylation sites is 1. The van der Waals surface area contributed by atoms with Crippen LogP contribution in [0.15, 0.2) is 47.1 Å². The zero-order valence-electron chi connectivity index (χ0n) is 12.0. The van der Waals surface area contributed by atoms with E-state index >= 15 is 0 Å². The van der Waals surface area contributed by atoms with Crippen LogP contribution < -0.4 is 5.32 Å². The Hall–Kier alpha value is -2.63. The zero-order chi connectivity index (χ0) is 15.7. The number of halogens is 1. The molecular formula is C16H15FN2O3. The van der Waals surface area contributed by atoms with E-state index in [1.54, 1.807) is 31.2 Å². The van der Waals surface area contributed by atoms with E-state index in [2.05, 4.69) is 5.32 Å². The molecule has 1 aromatic heterocycles. The third-order valence-electron chi connectivity index (χ3n) is 4.01. The Bertz CT molecular complexity index is 714. The highest BCUT2D eigenvalue weighted by atomic mass is 19.1.